The number of rotatable bonds is 1. The molecule has 1 aliphatic heterocycles. The minimum Gasteiger partial charge on any atom is -0.326 e. The lowest BCUT2D eigenvalue weighted by Gasteiger charge is -2.25. The van der Waals surface area contributed by atoms with E-state index in [-0.39, 0.29) is 0 Å². The average molecular weight is 160 g/mol. The van der Waals surface area contributed by atoms with Crippen molar-refractivity contribution < 1.29 is 0 Å². The van der Waals surface area contributed by atoms with Crippen LogP contribution in [0.3, 0.4) is 0 Å². The minimum atomic E-state index is 0.387. The van der Waals surface area contributed by atoms with Gasteiger partial charge in [-0.15, -0.1) is 0 Å². The Bertz CT molecular complexity index is 106. The first-order valence-corrected chi connectivity index (χ1v) is 4.41. The van der Waals surface area contributed by atoms with Crippen molar-refractivity contribution in [1.29, 1.82) is 0 Å². The molecule has 3 unspecified atom stereocenters. The average Bonchev–Trinajstić information content (AvgIpc) is 2.11. The maximum absolute atomic E-state index is 5.92. The predicted molar refractivity (Wildman–Crippen MR) is 47.6 cm³/mol. The Labute approximate surface area is 65.4 Å². The van der Waals surface area contributed by atoms with Crippen LogP contribution in [0.1, 0.15) is 20.3 Å². The number of nitrogens with two attached hydrogens (primary N) is 1. The van der Waals surface area contributed by atoms with Crippen LogP contribution >= 0.6 is 9.39 Å². The number of nitrogens with zero attached hydrogens (tertiary/aromatic N) is 1. The van der Waals surface area contributed by atoms with E-state index in [1.807, 2.05) is 0 Å². The van der Waals surface area contributed by atoms with Crippen LogP contribution in [0.5, 0.6) is 0 Å². The molecule has 0 radical (unpaired) electrons. The zero-order valence-electron chi connectivity index (χ0n) is 6.75. The van der Waals surface area contributed by atoms with Crippen molar-refractivity contribution in [3.8, 4) is 0 Å². The molecule has 3 atom stereocenters. The first-order chi connectivity index (χ1) is 4.63. The molecule has 1 heterocycles. The summed E-state index contributed by atoms with van der Waals surface area (Å²) in [7, 11) is 2.76. The van der Waals surface area contributed by atoms with Crippen LogP contribution in [0.25, 0.3) is 0 Å². The highest BCUT2D eigenvalue weighted by atomic mass is 31.0. The van der Waals surface area contributed by atoms with Gasteiger partial charge < -0.3 is 5.73 Å². The molecule has 3 heteroatoms. The van der Waals surface area contributed by atoms with Gasteiger partial charge in [-0.1, -0.05) is 23.2 Å². The second-order valence-corrected chi connectivity index (χ2v) is 4.09. The monoisotopic (exact) mass is 160 g/mol. The summed E-state index contributed by atoms with van der Waals surface area (Å²) in [4.78, 5) is 0. The Morgan fingerprint density at radius 1 is 1.60 bits per heavy atom. The lowest BCUT2D eigenvalue weighted by Crippen LogP contribution is -2.38. The molecule has 2 N–H and O–H groups in total. The first-order valence-electron chi connectivity index (χ1n) is 3.90. The van der Waals surface area contributed by atoms with E-state index >= 15 is 0 Å². The van der Waals surface area contributed by atoms with Crippen LogP contribution in [-0.4, -0.2) is 23.3 Å². The SMILES string of the molecule is CC(C)C1C(N)CCN1P. The van der Waals surface area contributed by atoms with Gasteiger partial charge in [0.05, 0.1) is 0 Å². The number of hydrogen-bond donors (Lipinski definition) is 1. The Morgan fingerprint density at radius 2 is 2.20 bits per heavy atom. The highest BCUT2D eigenvalue weighted by molar-refractivity contribution is 7.13. The van der Waals surface area contributed by atoms with Crippen molar-refractivity contribution in [2.24, 2.45) is 11.7 Å². The molecule has 1 saturated heterocycles. The summed E-state index contributed by atoms with van der Waals surface area (Å²) >= 11 is 0. The molecule has 0 aromatic rings. The molecule has 1 aliphatic rings. The van der Waals surface area contributed by atoms with Gasteiger partial charge in [0.2, 0.25) is 0 Å². The Morgan fingerprint density at radius 3 is 2.40 bits per heavy atom. The summed E-state index contributed by atoms with van der Waals surface area (Å²) < 4.78 is 2.29. The fraction of sp³-hybridized carbons (Fsp3) is 1.00. The molecular formula is C7H17N2P. The molecule has 1 rings (SSSR count). The van der Waals surface area contributed by atoms with Crippen LogP contribution in [-0.2, 0) is 0 Å². The summed E-state index contributed by atoms with van der Waals surface area (Å²) in [5.74, 6) is 0.676. The van der Waals surface area contributed by atoms with Crippen LogP contribution in [0, 0.1) is 5.92 Å². The van der Waals surface area contributed by atoms with Gasteiger partial charge in [0.25, 0.3) is 0 Å². The third kappa shape index (κ3) is 1.50. The Kier molecular flexibility index (Phi) is 2.67. The molecule has 0 aliphatic carbocycles. The van der Waals surface area contributed by atoms with Gasteiger partial charge in [-0.3, -0.25) is 4.67 Å². The molecule has 2 nitrogen and oxygen atoms in total. The summed E-state index contributed by atoms with van der Waals surface area (Å²) in [5.41, 5.74) is 5.92. The van der Waals surface area contributed by atoms with Crippen molar-refractivity contribution in [2.75, 3.05) is 6.54 Å². The Hall–Kier alpha value is 0.350. The third-order valence-corrected chi connectivity index (χ3v) is 2.83. The van der Waals surface area contributed by atoms with E-state index in [1.54, 1.807) is 0 Å². The lowest BCUT2D eigenvalue weighted by atomic mass is 9.99. The summed E-state index contributed by atoms with van der Waals surface area (Å²) in [5, 5.41) is 0. The van der Waals surface area contributed by atoms with Crippen molar-refractivity contribution in [1.82, 2.24) is 4.67 Å². The normalized spacial score (nSPS) is 35.7. The molecule has 0 bridgehead atoms. The molecule has 60 valence electrons. The maximum Gasteiger partial charge on any atom is 0.0304 e. The quantitative estimate of drug-likeness (QED) is 0.576. The van der Waals surface area contributed by atoms with E-state index in [4.69, 9.17) is 5.73 Å². The minimum absolute atomic E-state index is 0.387. The first kappa shape index (κ1) is 8.45. The van der Waals surface area contributed by atoms with E-state index in [0.29, 0.717) is 18.0 Å². The van der Waals surface area contributed by atoms with E-state index < -0.39 is 0 Å². The van der Waals surface area contributed by atoms with Crippen molar-refractivity contribution >= 4 is 9.39 Å². The van der Waals surface area contributed by atoms with Crippen LogP contribution < -0.4 is 5.73 Å². The molecule has 0 aromatic heterocycles. The van der Waals surface area contributed by atoms with Gasteiger partial charge in [-0.25, -0.2) is 0 Å². The molecule has 0 saturated carbocycles. The van der Waals surface area contributed by atoms with Gasteiger partial charge >= 0.3 is 0 Å². The number of hydrogen-bond acceptors (Lipinski definition) is 2. The van der Waals surface area contributed by atoms with Crippen molar-refractivity contribution in [3.63, 3.8) is 0 Å². The highest BCUT2D eigenvalue weighted by Gasteiger charge is 2.30. The smallest absolute Gasteiger partial charge is 0.0304 e. The van der Waals surface area contributed by atoms with E-state index in [2.05, 4.69) is 27.9 Å². The van der Waals surface area contributed by atoms with E-state index in [1.165, 1.54) is 0 Å². The topological polar surface area (TPSA) is 29.3 Å². The molecule has 1 fully saturated rings. The zero-order valence-corrected chi connectivity index (χ0v) is 7.90. The molecule has 0 aromatic carbocycles. The summed E-state index contributed by atoms with van der Waals surface area (Å²) in [6.45, 7) is 5.59. The van der Waals surface area contributed by atoms with Gasteiger partial charge in [0, 0.05) is 18.6 Å². The van der Waals surface area contributed by atoms with Crippen LogP contribution in [0.4, 0.5) is 0 Å². The maximum atomic E-state index is 5.92. The molecular weight excluding hydrogens is 143 g/mol. The fourth-order valence-corrected chi connectivity index (χ4v) is 2.46. The zero-order chi connectivity index (χ0) is 7.72. The van der Waals surface area contributed by atoms with E-state index in [9.17, 15) is 0 Å². The van der Waals surface area contributed by atoms with Gasteiger partial charge in [-0.05, 0) is 12.3 Å². The largest absolute Gasteiger partial charge is 0.326 e. The molecule has 10 heavy (non-hydrogen) atoms. The second kappa shape index (κ2) is 3.17. The van der Waals surface area contributed by atoms with Gasteiger partial charge in [-0.2, -0.15) is 0 Å². The molecule has 0 spiro atoms. The standard InChI is InChI=1S/C7H17N2P/c1-5(2)7-6(8)3-4-9(7)10/h5-7H,3-4,8,10H2,1-2H3. The van der Waals surface area contributed by atoms with Gasteiger partial charge in [0.15, 0.2) is 0 Å². The van der Waals surface area contributed by atoms with E-state index in [0.717, 1.165) is 13.0 Å². The van der Waals surface area contributed by atoms with Crippen molar-refractivity contribution in [2.45, 2.75) is 32.4 Å². The lowest BCUT2D eigenvalue weighted by molar-refractivity contribution is 0.319. The van der Waals surface area contributed by atoms with Crippen LogP contribution in [0.15, 0.2) is 0 Å². The molecule has 0 amide bonds. The highest BCUT2D eigenvalue weighted by Crippen LogP contribution is 2.25. The second-order valence-electron chi connectivity index (χ2n) is 3.42. The summed E-state index contributed by atoms with van der Waals surface area (Å²) in [6, 6.07) is 0.961. The van der Waals surface area contributed by atoms with Crippen LogP contribution in [0.2, 0.25) is 0 Å². The third-order valence-electron chi connectivity index (χ3n) is 2.23. The fourth-order valence-electron chi connectivity index (χ4n) is 1.74. The van der Waals surface area contributed by atoms with Gasteiger partial charge in [0.1, 0.15) is 0 Å². The summed E-state index contributed by atoms with van der Waals surface area (Å²) in [6.07, 6.45) is 1.15. The van der Waals surface area contributed by atoms with Crippen molar-refractivity contribution in [3.05, 3.63) is 0 Å². The predicted octanol–water partition coefficient (Wildman–Crippen LogP) is 0.834. The Balaban J connectivity index is 2.54.